The first-order chi connectivity index (χ1) is 20.4. The van der Waals surface area contributed by atoms with Crippen LogP contribution in [0.3, 0.4) is 0 Å². The molecule has 0 fully saturated rings. The Hall–Kier alpha value is -5.54. The lowest BCUT2D eigenvalue weighted by Gasteiger charge is -2.26. The topological polar surface area (TPSA) is 30.7 Å². The van der Waals surface area contributed by atoms with Crippen molar-refractivity contribution in [1.82, 2.24) is 14.5 Å². The van der Waals surface area contributed by atoms with E-state index in [4.69, 9.17) is 4.98 Å². The molecule has 0 amide bonds. The molecule has 8 aromatic rings. The SMILES string of the molecule is c1ccc2c(c1)-c1cccc(-n3c4ccccc4c4ccccc43)c1-c1ccccc1-c1c-2cnc2ncccc12. The van der Waals surface area contributed by atoms with Crippen LogP contribution < -0.4 is 0 Å². The molecule has 0 unspecified atom stereocenters. The maximum atomic E-state index is 4.81. The number of aromatic nitrogens is 3. The fourth-order valence-electron chi connectivity index (χ4n) is 6.81. The van der Waals surface area contributed by atoms with E-state index in [2.05, 4.69) is 131 Å². The van der Waals surface area contributed by atoms with Crippen LogP contribution in [0.4, 0.5) is 0 Å². The first-order valence-electron chi connectivity index (χ1n) is 13.9. The molecule has 0 saturated carbocycles. The molecule has 3 heteroatoms. The molecule has 9 rings (SSSR count). The van der Waals surface area contributed by atoms with Gasteiger partial charge in [-0.1, -0.05) is 97.1 Å². The van der Waals surface area contributed by atoms with Crippen LogP contribution in [0.2, 0.25) is 0 Å². The summed E-state index contributed by atoms with van der Waals surface area (Å²) in [7, 11) is 0. The van der Waals surface area contributed by atoms with Crippen molar-refractivity contribution < 1.29 is 0 Å². The summed E-state index contributed by atoms with van der Waals surface area (Å²) in [6.45, 7) is 0. The zero-order chi connectivity index (χ0) is 26.9. The minimum atomic E-state index is 0.759. The molecule has 190 valence electrons. The van der Waals surface area contributed by atoms with E-state index >= 15 is 0 Å². The Morgan fingerprint density at radius 2 is 0.951 bits per heavy atom. The highest BCUT2D eigenvalue weighted by atomic mass is 15.0. The molecule has 0 saturated heterocycles. The fraction of sp³-hybridized carbons (Fsp3) is 0. The van der Waals surface area contributed by atoms with Crippen molar-refractivity contribution >= 4 is 32.8 Å². The number of hydrogen-bond donors (Lipinski definition) is 0. The van der Waals surface area contributed by atoms with Gasteiger partial charge in [-0.25, -0.2) is 9.97 Å². The monoisotopic (exact) mass is 521 g/mol. The van der Waals surface area contributed by atoms with Crippen LogP contribution in [0.1, 0.15) is 0 Å². The van der Waals surface area contributed by atoms with E-state index in [1.807, 2.05) is 18.5 Å². The van der Waals surface area contributed by atoms with E-state index in [1.165, 1.54) is 66.4 Å². The summed E-state index contributed by atoms with van der Waals surface area (Å²) in [6, 6.07) is 45.9. The highest BCUT2D eigenvalue weighted by molar-refractivity contribution is 6.13. The molecule has 3 aromatic heterocycles. The number of fused-ring (bicyclic) bond motifs is 13. The molecule has 0 atom stereocenters. The lowest BCUT2D eigenvalue weighted by atomic mass is 9.80. The molecule has 1 aliphatic rings. The summed E-state index contributed by atoms with van der Waals surface area (Å²) < 4.78 is 2.44. The van der Waals surface area contributed by atoms with E-state index in [9.17, 15) is 0 Å². The van der Waals surface area contributed by atoms with Gasteiger partial charge in [0.05, 0.1) is 16.7 Å². The van der Waals surface area contributed by atoms with E-state index in [0.29, 0.717) is 0 Å². The molecule has 0 spiro atoms. The Labute approximate surface area is 237 Å². The van der Waals surface area contributed by atoms with Gasteiger partial charge >= 0.3 is 0 Å². The minimum Gasteiger partial charge on any atom is -0.309 e. The van der Waals surface area contributed by atoms with Gasteiger partial charge in [0, 0.05) is 45.2 Å². The van der Waals surface area contributed by atoms with Gasteiger partial charge in [-0.05, 0) is 58.1 Å². The highest BCUT2D eigenvalue weighted by Crippen LogP contribution is 2.51. The normalized spacial score (nSPS) is 11.9. The Bertz CT molecular complexity index is 2270. The van der Waals surface area contributed by atoms with E-state index in [1.54, 1.807) is 0 Å². The molecular weight excluding hydrogens is 498 g/mol. The standard InChI is InChI=1S/C38H23N3/c1-2-12-25-24(11-1)28-17-9-21-35(41-33-19-7-5-13-26(33)27-14-6-8-20-34(27)41)37(28)30-16-4-3-15-29(30)36-31-18-10-22-39-38(31)40-23-32(25)36/h1-23H. The van der Waals surface area contributed by atoms with Gasteiger partial charge in [-0.3, -0.25) is 0 Å². The van der Waals surface area contributed by atoms with Gasteiger partial charge in [0.2, 0.25) is 0 Å². The van der Waals surface area contributed by atoms with Crippen molar-refractivity contribution in [2.24, 2.45) is 0 Å². The zero-order valence-corrected chi connectivity index (χ0v) is 22.1. The number of para-hydroxylation sites is 2. The van der Waals surface area contributed by atoms with Crippen LogP contribution >= 0.6 is 0 Å². The Balaban J connectivity index is 1.50. The zero-order valence-electron chi connectivity index (χ0n) is 22.1. The summed E-state index contributed by atoms with van der Waals surface area (Å²) in [5.74, 6) is 0. The summed E-state index contributed by atoms with van der Waals surface area (Å²) in [6.07, 6.45) is 3.82. The van der Waals surface area contributed by atoms with Crippen molar-refractivity contribution in [1.29, 1.82) is 0 Å². The first-order valence-corrected chi connectivity index (χ1v) is 13.9. The second-order valence-corrected chi connectivity index (χ2v) is 10.6. The summed E-state index contributed by atoms with van der Waals surface area (Å²) in [5.41, 5.74) is 13.8. The number of hydrogen-bond acceptors (Lipinski definition) is 2. The van der Waals surface area contributed by atoms with Gasteiger partial charge in [0.15, 0.2) is 5.65 Å². The van der Waals surface area contributed by atoms with Gasteiger partial charge in [-0.2, -0.15) is 0 Å². The number of nitrogens with zero attached hydrogens (tertiary/aromatic N) is 3. The molecule has 0 radical (unpaired) electrons. The maximum absolute atomic E-state index is 4.81. The maximum Gasteiger partial charge on any atom is 0.159 e. The largest absolute Gasteiger partial charge is 0.309 e. The van der Waals surface area contributed by atoms with Crippen LogP contribution in [-0.2, 0) is 0 Å². The third-order valence-electron chi connectivity index (χ3n) is 8.48. The Morgan fingerprint density at radius 1 is 0.390 bits per heavy atom. The number of benzene rings is 5. The molecule has 0 aliphatic heterocycles. The van der Waals surface area contributed by atoms with Gasteiger partial charge in [0.25, 0.3) is 0 Å². The predicted octanol–water partition coefficient (Wildman–Crippen LogP) is 9.71. The molecule has 3 nitrogen and oxygen atoms in total. The van der Waals surface area contributed by atoms with E-state index in [0.717, 1.165) is 16.6 Å². The van der Waals surface area contributed by atoms with Crippen LogP contribution in [0, 0.1) is 0 Å². The summed E-state index contributed by atoms with van der Waals surface area (Å²) in [4.78, 5) is 9.43. The van der Waals surface area contributed by atoms with Crippen LogP contribution in [0.15, 0.2) is 140 Å². The van der Waals surface area contributed by atoms with Crippen molar-refractivity contribution in [3.63, 3.8) is 0 Å². The van der Waals surface area contributed by atoms with Crippen molar-refractivity contribution in [2.75, 3.05) is 0 Å². The molecule has 0 N–H and O–H groups in total. The van der Waals surface area contributed by atoms with Gasteiger partial charge < -0.3 is 4.57 Å². The molecule has 5 aromatic carbocycles. The quantitative estimate of drug-likeness (QED) is 0.215. The van der Waals surface area contributed by atoms with Crippen LogP contribution in [-0.4, -0.2) is 14.5 Å². The van der Waals surface area contributed by atoms with Crippen LogP contribution in [0.5, 0.6) is 0 Å². The molecule has 3 heterocycles. The van der Waals surface area contributed by atoms with E-state index in [-0.39, 0.29) is 0 Å². The van der Waals surface area contributed by atoms with Crippen LogP contribution in [0.25, 0.3) is 83.0 Å². The average molecular weight is 522 g/mol. The minimum absolute atomic E-state index is 0.759. The van der Waals surface area contributed by atoms with E-state index < -0.39 is 0 Å². The number of pyridine rings is 2. The molecule has 41 heavy (non-hydrogen) atoms. The smallest absolute Gasteiger partial charge is 0.159 e. The fourth-order valence-corrected chi connectivity index (χ4v) is 6.81. The van der Waals surface area contributed by atoms with Gasteiger partial charge in [0.1, 0.15) is 0 Å². The lowest BCUT2D eigenvalue weighted by Crippen LogP contribution is -2.03. The summed E-state index contributed by atoms with van der Waals surface area (Å²) in [5, 5.41) is 3.58. The molecule has 0 bridgehead atoms. The third kappa shape index (κ3) is 3.09. The van der Waals surface area contributed by atoms with Gasteiger partial charge in [-0.15, -0.1) is 0 Å². The van der Waals surface area contributed by atoms with Crippen molar-refractivity contribution in [3.8, 4) is 50.2 Å². The van der Waals surface area contributed by atoms with Crippen molar-refractivity contribution in [3.05, 3.63) is 140 Å². The summed E-state index contributed by atoms with van der Waals surface area (Å²) >= 11 is 0. The highest BCUT2D eigenvalue weighted by Gasteiger charge is 2.26. The molecule has 1 aliphatic carbocycles. The number of rotatable bonds is 1. The second-order valence-electron chi connectivity index (χ2n) is 10.6. The van der Waals surface area contributed by atoms with Crippen molar-refractivity contribution in [2.45, 2.75) is 0 Å². The Morgan fingerprint density at radius 3 is 1.68 bits per heavy atom. The Kier molecular flexibility index (Phi) is 4.61. The third-order valence-corrected chi connectivity index (χ3v) is 8.48. The lowest BCUT2D eigenvalue weighted by molar-refractivity contribution is 1.18. The molecular formula is C38H23N3. The average Bonchev–Trinajstić information content (AvgIpc) is 3.37. The second kappa shape index (κ2) is 8.48. The first kappa shape index (κ1) is 22.3. The predicted molar refractivity (Wildman–Crippen MR) is 169 cm³/mol.